The zero-order valence-electron chi connectivity index (χ0n) is 52.9. The number of aryl methyl sites for hydroxylation is 5. The minimum atomic E-state index is 0.323. The average molecular weight is 1080 g/mol. The van der Waals surface area contributed by atoms with Crippen molar-refractivity contribution in [2.24, 2.45) is 28.1 Å². The van der Waals surface area contributed by atoms with Gasteiger partial charge in [-0.15, -0.1) is 0 Å². The molecule has 9 rings (SSSR count). The first kappa shape index (κ1) is 72.0. The van der Waals surface area contributed by atoms with Crippen molar-refractivity contribution < 1.29 is 9.47 Å². The quantitative estimate of drug-likeness (QED) is 0.143. The highest BCUT2D eigenvalue weighted by Gasteiger charge is 2.22. The van der Waals surface area contributed by atoms with Gasteiger partial charge in [0.05, 0.1) is 31.6 Å². The number of pyridine rings is 3. The van der Waals surface area contributed by atoms with Crippen LogP contribution in [0.15, 0.2) is 134 Å². The highest BCUT2D eigenvalue weighted by molar-refractivity contribution is 5.23. The maximum atomic E-state index is 5.53. The molecule has 5 aromatic heterocycles. The number of rotatable bonds is 9. The molecule has 79 heavy (non-hydrogen) atoms. The van der Waals surface area contributed by atoms with Gasteiger partial charge in [0.15, 0.2) is 0 Å². The van der Waals surface area contributed by atoms with Crippen molar-refractivity contribution in [3.8, 4) is 0 Å². The Morgan fingerprint density at radius 1 is 0.481 bits per heavy atom. The molecule has 9 heteroatoms. The van der Waals surface area contributed by atoms with E-state index in [1.54, 1.807) is 42.8 Å². The molecular weight excluding hydrogens is 971 g/mol. The SMILES string of the molecule is CC(C)(C)CC1=CC=CC1.CC(C)(C)CC1CCCC1.CC(C)(C)CC1COCCO1.CCC1CCCCC1.CCc1ccccn1.CCc1cccnc1.CCc1ccncc1.CCc1cnccn1.CCc1ncccn1. The van der Waals surface area contributed by atoms with E-state index in [0.29, 0.717) is 22.3 Å². The Morgan fingerprint density at radius 3 is 1.48 bits per heavy atom. The van der Waals surface area contributed by atoms with E-state index in [1.165, 1.54) is 94.6 Å². The standard InChI is InChI=1S/C10H20.C10H16.C9H18O2.C8H16.3C7H9N.2C6H8N2/c2*1-10(2,3)8-9-6-4-5-7-9;1-9(2,3)6-8-7-10-4-5-11-8;1-2-8-6-4-3-5-7-8;1-2-7-3-5-8-6-4-7;1-2-7-4-3-5-8-6-7;1-2-7-5-3-4-6-8-7;1-2-6-5-7-3-4-8-6;1-2-6-7-4-3-5-8-6/h9H,4-8H2,1-3H3;4-6H,7-8H2,1-3H3;8H,4-7H2,1-3H3;8H,2-7H2,1H3;3*3-6H,2H2,1H3;2*3-5H,2H2,1H3. The molecule has 0 amide bonds. The predicted octanol–water partition coefficient (Wildman–Crippen LogP) is 18.7. The summed E-state index contributed by atoms with van der Waals surface area (Å²) in [5.41, 5.74) is 7.80. The van der Waals surface area contributed by atoms with Crippen molar-refractivity contribution in [1.29, 1.82) is 0 Å². The fourth-order valence-electron chi connectivity index (χ4n) is 9.18. The van der Waals surface area contributed by atoms with E-state index in [9.17, 15) is 0 Å². The van der Waals surface area contributed by atoms with Gasteiger partial charge in [-0.1, -0.05) is 204 Å². The van der Waals surface area contributed by atoms with Crippen molar-refractivity contribution >= 4 is 0 Å². The molecule has 440 valence electrons. The molecule has 3 fully saturated rings. The summed E-state index contributed by atoms with van der Waals surface area (Å²) in [4.78, 5) is 27.8. The Kier molecular flexibility index (Phi) is 40.8. The summed E-state index contributed by atoms with van der Waals surface area (Å²) < 4.78 is 10.8. The highest BCUT2D eigenvalue weighted by Crippen LogP contribution is 2.35. The molecule has 1 atom stereocenters. The van der Waals surface area contributed by atoms with Crippen LogP contribution < -0.4 is 0 Å². The Morgan fingerprint density at radius 2 is 1.09 bits per heavy atom. The van der Waals surface area contributed by atoms with Crippen molar-refractivity contribution in [2.75, 3.05) is 19.8 Å². The molecule has 5 aromatic rings. The van der Waals surface area contributed by atoms with E-state index < -0.39 is 0 Å². The van der Waals surface area contributed by atoms with Gasteiger partial charge in [0, 0.05) is 74.1 Å². The van der Waals surface area contributed by atoms with Crippen molar-refractivity contribution in [2.45, 2.75) is 232 Å². The van der Waals surface area contributed by atoms with Crippen LogP contribution in [0.3, 0.4) is 0 Å². The molecular formula is C70H113N7O2. The topological polar surface area (TPSA) is 109 Å². The van der Waals surface area contributed by atoms with Gasteiger partial charge < -0.3 is 9.47 Å². The van der Waals surface area contributed by atoms with Crippen molar-refractivity contribution in [3.05, 3.63) is 163 Å². The van der Waals surface area contributed by atoms with Crippen LogP contribution in [-0.2, 0) is 41.6 Å². The number of hydrogen-bond donors (Lipinski definition) is 0. The van der Waals surface area contributed by atoms with Gasteiger partial charge in [0.2, 0.25) is 0 Å². The van der Waals surface area contributed by atoms with E-state index in [-0.39, 0.29) is 0 Å². The number of ether oxygens (including phenoxy) is 2. The summed E-state index contributed by atoms with van der Waals surface area (Å²) in [6.45, 7) is 35.7. The third-order valence-electron chi connectivity index (χ3n) is 13.3. The van der Waals surface area contributed by atoms with E-state index in [4.69, 9.17) is 9.47 Å². The molecule has 9 nitrogen and oxygen atoms in total. The second-order valence-electron chi connectivity index (χ2n) is 24.5. The Labute approximate surface area is 484 Å². The summed E-state index contributed by atoms with van der Waals surface area (Å²) in [5, 5.41) is 0. The molecule has 1 unspecified atom stereocenters. The Bertz CT molecular complexity index is 1920. The van der Waals surface area contributed by atoms with E-state index in [1.807, 2.05) is 74.2 Å². The first-order chi connectivity index (χ1) is 37.8. The molecule has 0 N–H and O–H groups in total. The third kappa shape index (κ3) is 43.5. The van der Waals surface area contributed by atoms with Crippen LogP contribution in [0, 0.1) is 28.1 Å². The molecule has 0 bridgehead atoms. The molecule has 0 radical (unpaired) electrons. The lowest BCUT2D eigenvalue weighted by Crippen LogP contribution is -2.31. The van der Waals surface area contributed by atoms with Crippen LogP contribution in [0.1, 0.15) is 222 Å². The number of hydrogen-bond acceptors (Lipinski definition) is 9. The van der Waals surface area contributed by atoms with Crippen LogP contribution in [0.25, 0.3) is 0 Å². The van der Waals surface area contributed by atoms with Gasteiger partial charge in [-0.2, -0.15) is 0 Å². The Hall–Kier alpha value is -4.99. The molecule has 1 aliphatic heterocycles. The van der Waals surface area contributed by atoms with Crippen LogP contribution in [0.4, 0.5) is 0 Å². The molecule has 6 heterocycles. The smallest absolute Gasteiger partial charge is 0.127 e. The molecule has 3 aliphatic carbocycles. The van der Waals surface area contributed by atoms with Crippen molar-refractivity contribution in [3.63, 3.8) is 0 Å². The predicted molar refractivity (Wildman–Crippen MR) is 337 cm³/mol. The summed E-state index contributed by atoms with van der Waals surface area (Å²) >= 11 is 0. The zero-order chi connectivity index (χ0) is 58.5. The van der Waals surface area contributed by atoms with E-state index in [2.05, 4.69) is 156 Å². The van der Waals surface area contributed by atoms with Gasteiger partial charge in [0.1, 0.15) is 5.82 Å². The maximum Gasteiger partial charge on any atom is 0.127 e. The van der Waals surface area contributed by atoms with Gasteiger partial charge in [-0.25, -0.2) is 9.97 Å². The lowest BCUT2D eigenvalue weighted by molar-refractivity contribution is -0.100. The van der Waals surface area contributed by atoms with Crippen LogP contribution in [-0.4, -0.2) is 60.8 Å². The lowest BCUT2D eigenvalue weighted by Gasteiger charge is -2.28. The first-order valence-electron chi connectivity index (χ1n) is 30.6. The third-order valence-corrected chi connectivity index (χ3v) is 13.3. The summed E-state index contributed by atoms with van der Waals surface area (Å²) in [7, 11) is 0. The summed E-state index contributed by atoms with van der Waals surface area (Å²) in [6.07, 6.45) is 49.7. The average Bonchev–Trinajstić information content (AvgIpc) is 4.19. The number of allylic oxidation sites excluding steroid dienone is 4. The van der Waals surface area contributed by atoms with E-state index >= 15 is 0 Å². The van der Waals surface area contributed by atoms with Gasteiger partial charge in [0.25, 0.3) is 0 Å². The first-order valence-corrected chi connectivity index (χ1v) is 30.6. The maximum absolute atomic E-state index is 5.53. The summed E-state index contributed by atoms with van der Waals surface area (Å²) in [5.74, 6) is 3.05. The van der Waals surface area contributed by atoms with E-state index in [0.717, 1.165) is 87.4 Å². The fraction of sp³-hybridized carbons (Fsp3) is 0.614. The van der Waals surface area contributed by atoms with Crippen molar-refractivity contribution in [1.82, 2.24) is 34.9 Å². The molecule has 4 aliphatic rings. The van der Waals surface area contributed by atoms with Crippen LogP contribution >= 0.6 is 0 Å². The Balaban J connectivity index is 0.000000445. The minimum absolute atomic E-state index is 0.323. The monoisotopic (exact) mass is 1080 g/mol. The zero-order valence-corrected chi connectivity index (χ0v) is 52.9. The molecule has 0 aromatic carbocycles. The molecule has 0 spiro atoms. The van der Waals surface area contributed by atoms with Crippen LogP contribution in [0.5, 0.6) is 0 Å². The summed E-state index contributed by atoms with van der Waals surface area (Å²) in [6, 6.07) is 15.9. The second kappa shape index (κ2) is 44.7. The highest BCUT2D eigenvalue weighted by atomic mass is 16.6. The molecule has 2 saturated carbocycles. The normalized spacial score (nSPS) is 15.8. The minimum Gasteiger partial charge on any atom is -0.376 e. The van der Waals surface area contributed by atoms with Crippen LogP contribution in [0.2, 0.25) is 0 Å². The van der Waals surface area contributed by atoms with Gasteiger partial charge in [-0.05, 0) is 127 Å². The fourth-order valence-corrected chi connectivity index (χ4v) is 9.18. The number of aromatic nitrogens is 7. The van der Waals surface area contributed by atoms with Gasteiger partial charge in [-0.3, -0.25) is 24.9 Å². The largest absolute Gasteiger partial charge is 0.376 e. The number of nitrogens with zero attached hydrogens (tertiary/aromatic N) is 7. The lowest BCUT2D eigenvalue weighted by atomic mass is 9.84. The molecule has 1 saturated heterocycles. The second-order valence-corrected chi connectivity index (χ2v) is 24.5. The van der Waals surface area contributed by atoms with Gasteiger partial charge >= 0.3 is 0 Å².